The van der Waals surface area contributed by atoms with E-state index in [0.29, 0.717) is 5.56 Å². The van der Waals surface area contributed by atoms with E-state index in [9.17, 15) is 14.9 Å². The van der Waals surface area contributed by atoms with Crippen molar-refractivity contribution in [2.24, 2.45) is 4.99 Å². The van der Waals surface area contributed by atoms with Crippen molar-refractivity contribution in [3.8, 4) is 0 Å². The van der Waals surface area contributed by atoms with Gasteiger partial charge >= 0.3 is 0 Å². The number of carbonyl (C=O) groups excluding carboxylic acids is 1. The maximum absolute atomic E-state index is 11.4. The Morgan fingerprint density at radius 1 is 1.29 bits per heavy atom. The van der Waals surface area contributed by atoms with Crippen molar-refractivity contribution < 1.29 is 14.5 Å². The number of benzene rings is 1. The van der Waals surface area contributed by atoms with Gasteiger partial charge in [0.05, 0.1) is 4.92 Å². The Labute approximate surface area is 97.1 Å². The van der Waals surface area contributed by atoms with Crippen LogP contribution in [-0.4, -0.2) is 22.3 Å². The molecule has 0 aliphatic carbocycles. The minimum Gasteiger partial charge on any atom is -0.461 e. The SMILES string of the molecule is CC1(C)OC(c2ccc([N+](=O)[O-])cc2)=NC1=O. The molecule has 88 valence electrons. The highest BCUT2D eigenvalue weighted by atomic mass is 16.6. The van der Waals surface area contributed by atoms with Crippen molar-refractivity contribution >= 4 is 17.5 Å². The molecule has 6 nitrogen and oxygen atoms in total. The number of amides is 1. The van der Waals surface area contributed by atoms with Crippen LogP contribution in [0.5, 0.6) is 0 Å². The lowest BCUT2D eigenvalue weighted by atomic mass is 10.1. The van der Waals surface area contributed by atoms with Crippen LogP contribution in [0.2, 0.25) is 0 Å². The molecule has 1 amide bonds. The Morgan fingerprint density at radius 2 is 1.88 bits per heavy atom. The molecule has 0 radical (unpaired) electrons. The highest BCUT2D eigenvalue weighted by molar-refractivity contribution is 6.08. The first-order valence-electron chi connectivity index (χ1n) is 4.97. The van der Waals surface area contributed by atoms with Gasteiger partial charge in [-0.25, -0.2) is 0 Å². The molecular weight excluding hydrogens is 224 g/mol. The molecule has 0 atom stereocenters. The van der Waals surface area contributed by atoms with Gasteiger partial charge < -0.3 is 4.74 Å². The maximum atomic E-state index is 11.4. The third kappa shape index (κ3) is 2.01. The topological polar surface area (TPSA) is 81.8 Å². The van der Waals surface area contributed by atoms with E-state index in [0.717, 1.165) is 0 Å². The number of rotatable bonds is 2. The number of aliphatic imine (C=N–C) groups is 1. The summed E-state index contributed by atoms with van der Waals surface area (Å²) in [6, 6.07) is 5.70. The Balaban J connectivity index is 2.29. The molecule has 0 saturated heterocycles. The van der Waals surface area contributed by atoms with Crippen LogP contribution in [0.15, 0.2) is 29.3 Å². The van der Waals surface area contributed by atoms with Gasteiger partial charge in [0.1, 0.15) is 0 Å². The Hall–Kier alpha value is -2.24. The fourth-order valence-electron chi connectivity index (χ4n) is 1.38. The van der Waals surface area contributed by atoms with Crippen LogP contribution in [0.25, 0.3) is 0 Å². The lowest BCUT2D eigenvalue weighted by Gasteiger charge is -2.15. The lowest BCUT2D eigenvalue weighted by molar-refractivity contribution is -0.384. The van der Waals surface area contributed by atoms with E-state index >= 15 is 0 Å². The molecule has 0 aromatic heterocycles. The van der Waals surface area contributed by atoms with Gasteiger partial charge in [0.2, 0.25) is 5.90 Å². The second kappa shape index (κ2) is 3.65. The maximum Gasteiger partial charge on any atom is 0.292 e. The third-order valence-corrected chi connectivity index (χ3v) is 2.40. The number of ether oxygens (including phenoxy) is 1. The number of non-ortho nitro benzene ring substituents is 1. The molecule has 6 heteroatoms. The number of nitro groups is 1. The van der Waals surface area contributed by atoms with E-state index in [1.807, 2.05) is 0 Å². The van der Waals surface area contributed by atoms with Crippen molar-refractivity contribution in [1.29, 1.82) is 0 Å². The molecule has 1 heterocycles. The van der Waals surface area contributed by atoms with Gasteiger partial charge in [-0.05, 0) is 26.0 Å². The van der Waals surface area contributed by atoms with Crippen molar-refractivity contribution in [2.75, 3.05) is 0 Å². The van der Waals surface area contributed by atoms with Crippen LogP contribution >= 0.6 is 0 Å². The summed E-state index contributed by atoms with van der Waals surface area (Å²) in [5, 5.41) is 10.5. The van der Waals surface area contributed by atoms with Crippen molar-refractivity contribution in [1.82, 2.24) is 0 Å². The van der Waals surface area contributed by atoms with Gasteiger partial charge in [-0.15, -0.1) is 0 Å². The smallest absolute Gasteiger partial charge is 0.292 e. The number of hydrogen-bond donors (Lipinski definition) is 0. The molecule has 1 aromatic carbocycles. The van der Waals surface area contributed by atoms with Crippen LogP contribution in [0.3, 0.4) is 0 Å². The van der Waals surface area contributed by atoms with E-state index in [4.69, 9.17) is 4.74 Å². The van der Waals surface area contributed by atoms with Crippen molar-refractivity contribution in [2.45, 2.75) is 19.4 Å². The quantitative estimate of drug-likeness (QED) is 0.575. The summed E-state index contributed by atoms with van der Waals surface area (Å²) < 4.78 is 5.38. The van der Waals surface area contributed by atoms with E-state index < -0.39 is 10.5 Å². The number of hydrogen-bond acceptors (Lipinski definition) is 4. The summed E-state index contributed by atoms with van der Waals surface area (Å²) in [6.45, 7) is 3.24. The third-order valence-electron chi connectivity index (χ3n) is 2.40. The molecule has 0 unspecified atom stereocenters. The highest BCUT2D eigenvalue weighted by Gasteiger charge is 2.37. The van der Waals surface area contributed by atoms with Crippen LogP contribution < -0.4 is 0 Å². The predicted molar refractivity (Wildman–Crippen MR) is 59.8 cm³/mol. The molecule has 1 aliphatic heterocycles. The van der Waals surface area contributed by atoms with E-state index in [1.165, 1.54) is 24.3 Å². The summed E-state index contributed by atoms with van der Waals surface area (Å²) in [5.74, 6) is -0.152. The summed E-state index contributed by atoms with van der Waals surface area (Å²) in [7, 11) is 0. The first kappa shape index (κ1) is 11.3. The van der Waals surface area contributed by atoms with Crippen LogP contribution in [0.4, 0.5) is 5.69 Å². The molecule has 2 rings (SSSR count). The van der Waals surface area contributed by atoms with Gasteiger partial charge in [-0.3, -0.25) is 14.9 Å². The first-order chi connectivity index (χ1) is 7.90. The summed E-state index contributed by atoms with van der Waals surface area (Å²) in [5.41, 5.74) is -0.427. The Bertz CT molecular complexity index is 517. The highest BCUT2D eigenvalue weighted by Crippen LogP contribution is 2.23. The second-order valence-electron chi connectivity index (χ2n) is 4.14. The zero-order valence-corrected chi connectivity index (χ0v) is 9.34. The molecule has 0 spiro atoms. The number of carbonyl (C=O) groups is 1. The lowest BCUT2D eigenvalue weighted by Crippen LogP contribution is -2.29. The van der Waals surface area contributed by atoms with Gasteiger partial charge in [0.15, 0.2) is 5.60 Å². The minimum atomic E-state index is -0.961. The van der Waals surface area contributed by atoms with E-state index in [-0.39, 0.29) is 17.5 Å². The summed E-state index contributed by atoms with van der Waals surface area (Å²) in [6.07, 6.45) is 0. The van der Waals surface area contributed by atoms with Gasteiger partial charge in [0, 0.05) is 17.7 Å². The minimum absolute atomic E-state index is 0.0158. The number of nitrogens with zero attached hydrogens (tertiary/aromatic N) is 2. The molecule has 0 fully saturated rings. The average molecular weight is 234 g/mol. The number of nitro benzene ring substituents is 1. The van der Waals surface area contributed by atoms with Crippen LogP contribution in [-0.2, 0) is 9.53 Å². The Morgan fingerprint density at radius 3 is 2.29 bits per heavy atom. The zero-order chi connectivity index (χ0) is 12.6. The van der Waals surface area contributed by atoms with Crippen LogP contribution in [0.1, 0.15) is 19.4 Å². The normalized spacial score (nSPS) is 17.5. The molecule has 17 heavy (non-hydrogen) atoms. The van der Waals surface area contributed by atoms with Crippen molar-refractivity contribution in [3.63, 3.8) is 0 Å². The van der Waals surface area contributed by atoms with Gasteiger partial charge in [-0.2, -0.15) is 4.99 Å². The van der Waals surface area contributed by atoms with Gasteiger partial charge in [-0.1, -0.05) is 0 Å². The van der Waals surface area contributed by atoms with Crippen LogP contribution in [0, 0.1) is 10.1 Å². The summed E-state index contributed by atoms with van der Waals surface area (Å²) in [4.78, 5) is 25.2. The van der Waals surface area contributed by atoms with Crippen molar-refractivity contribution in [3.05, 3.63) is 39.9 Å². The van der Waals surface area contributed by atoms with E-state index in [1.54, 1.807) is 13.8 Å². The second-order valence-corrected chi connectivity index (χ2v) is 4.14. The van der Waals surface area contributed by atoms with E-state index in [2.05, 4.69) is 4.99 Å². The molecule has 1 aromatic rings. The fraction of sp³-hybridized carbons (Fsp3) is 0.273. The molecule has 0 N–H and O–H groups in total. The first-order valence-corrected chi connectivity index (χ1v) is 4.97. The fourth-order valence-corrected chi connectivity index (χ4v) is 1.38. The molecule has 0 saturated carbocycles. The monoisotopic (exact) mass is 234 g/mol. The Kier molecular flexibility index (Phi) is 2.42. The standard InChI is InChI=1S/C11H10N2O4/c1-11(2)10(14)12-9(17-11)7-3-5-8(6-4-7)13(15)16/h3-6H,1-2H3. The predicted octanol–water partition coefficient (Wildman–Crippen LogP) is 1.68. The molecular formula is C11H10N2O4. The largest absolute Gasteiger partial charge is 0.461 e. The van der Waals surface area contributed by atoms with Gasteiger partial charge in [0.25, 0.3) is 11.6 Å². The summed E-state index contributed by atoms with van der Waals surface area (Å²) >= 11 is 0. The molecule has 1 aliphatic rings. The molecule has 0 bridgehead atoms. The zero-order valence-electron chi connectivity index (χ0n) is 9.34. The average Bonchev–Trinajstić information content (AvgIpc) is 2.54.